The van der Waals surface area contributed by atoms with Gasteiger partial charge >= 0.3 is 0 Å². The van der Waals surface area contributed by atoms with Crippen molar-refractivity contribution >= 4 is 39.1 Å². The second kappa shape index (κ2) is 7.60. The lowest BCUT2D eigenvalue weighted by Crippen LogP contribution is -2.28. The first-order valence-corrected chi connectivity index (χ1v) is 9.90. The lowest BCUT2D eigenvalue weighted by Gasteiger charge is -2.15. The standard InChI is InChI=1S/C15H20ClN7O2S/c1-3-26(24,25)23-5-4-11(9-23)6-17-14-13(16)8-18-15(21-14)20-12-7-19-22(2)10-12/h3,7-8,10-11H,1,4-6,9H2,2H3,(H2,17,18,20,21)/t11-/m1/s1. The maximum atomic E-state index is 11.8. The van der Waals surface area contributed by atoms with Crippen LogP contribution in [0.4, 0.5) is 17.5 Å². The highest BCUT2D eigenvalue weighted by molar-refractivity contribution is 7.92. The molecule has 3 rings (SSSR count). The zero-order chi connectivity index (χ0) is 18.7. The summed E-state index contributed by atoms with van der Waals surface area (Å²) in [6.45, 7) is 4.86. The van der Waals surface area contributed by atoms with Crippen molar-refractivity contribution in [2.24, 2.45) is 13.0 Å². The number of nitrogens with zero attached hydrogens (tertiary/aromatic N) is 5. The minimum Gasteiger partial charge on any atom is -0.368 e. The predicted molar refractivity (Wildman–Crippen MR) is 101 cm³/mol. The van der Waals surface area contributed by atoms with Crippen molar-refractivity contribution in [1.29, 1.82) is 0 Å². The fourth-order valence-electron chi connectivity index (χ4n) is 2.71. The Morgan fingerprint density at radius 3 is 2.96 bits per heavy atom. The summed E-state index contributed by atoms with van der Waals surface area (Å²) in [7, 11) is -1.54. The Kier molecular flexibility index (Phi) is 5.44. The maximum Gasteiger partial charge on any atom is 0.235 e. The summed E-state index contributed by atoms with van der Waals surface area (Å²) in [6, 6.07) is 0. The lowest BCUT2D eigenvalue weighted by atomic mass is 10.1. The van der Waals surface area contributed by atoms with Crippen molar-refractivity contribution in [1.82, 2.24) is 24.1 Å². The van der Waals surface area contributed by atoms with E-state index in [1.807, 2.05) is 7.05 Å². The van der Waals surface area contributed by atoms with E-state index in [4.69, 9.17) is 11.6 Å². The average molecular weight is 398 g/mol. The number of nitrogens with one attached hydrogen (secondary N) is 2. The Hall–Kier alpha value is -2.17. The van der Waals surface area contributed by atoms with Crippen LogP contribution < -0.4 is 10.6 Å². The van der Waals surface area contributed by atoms with E-state index in [1.165, 1.54) is 10.5 Å². The van der Waals surface area contributed by atoms with Gasteiger partial charge in [0.1, 0.15) is 5.02 Å². The number of anilines is 3. The number of sulfonamides is 1. The molecule has 1 aliphatic heterocycles. The minimum atomic E-state index is -3.36. The van der Waals surface area contributed by atoms with Gasteiger partial charge < -0.3 is 10.6 Å². The van der Waals surface area contributed by atoms with Crippen molar-refractivity contribution < 1.29 is 8.42 Å². The van der Waals surface area contributed by atoms with Crippen LogP contribution in [0.1, 0.15) is 6.42 Å². The SMILES string of the molecule is C=CS(=O)(=O)N1CC[C@H](CNc2nc(Nc3cnn(C)c3)ncc2Cl)C1. The summed E-state index contributed by atoms with van der Waals surface area (Å²) in [6.07, 6.45) is 5.75. The van der Waals surface area contributed by atoms with Gasteiger partial charge in [-0.25, -0.2) is 13.4 Å². The van der Waals surface area contributed by atoms with E-state index < -0.39 is 10.0 Å². The first-order valence-electron chi connectivity index (χ1n) is 8.02. The van der Waals surface area contributed by atoms with E-state index >= 15 is 0 Å². The fourth-order valence-corrected chi connectivity index (χ4v) is 3.85. The smallest absolute Gasteiger partial charge is 0.235 e. The summed E-state index contributed by atoms with van der Waals surface area (Å²) in [5.41, 5.74) is 0.766. The van der Waals surface area contributed by atoms with Crippen LogP contribution in [0.2, 0.25) is 5.02 Å². The number of hydrogen-bond acceptors (Lipinski definition) is 7. The summed E-state index contributed by atoms with van der Waals surface area (Å²) >= 11 is 6.16. The molecule has 11 heteroatoms. The van der Waals surface area contributed by atoms with Gasteiger partial charge in [-0.2, -0.15) is 14.4 Å². The summed E-state index contributed by atoms with van der Waals surface area (Å²) in [4.78, 5) is 8.52. The van der Waals surface area contributed by atoms with Crippen LogP contribution in [-0.2, 0) is 17.1 Å². The van der Waals surface area contributed by atoms with E-state index in [0.717, 1.165) is 17.5 Å². The second-order valence-electron chi connectivity index (χ2n) is 6.02. The van der Waals surface area contributed by atoms with Crippen molar-refractivity contribution in [2.75, 3.05) is 30.3 Å². The van der Waals surface area contributed by atoms with Gasteiger partial charge in [-0.05, 0) is 12.3 Å². The van der Waals surface area contributed by atoms with Gasteiger partial charge in [0.05, 0.1) is 18.1 Å². The molecule has 9 nitrogen and oxygen atoms in total. The van der Waals surface area contributed by atoms with Crippen LogP contribution in [0.5, 0.6) is 0 Å². The Morgan fingerprint density at radius 2 is 2.27 bits per heavy atom. The van der Waals surface area contributed by atoms with Gasteiger partial charge in [-0.15, -0.1) is 0 Å². The topological polar surface area (TPSA) is 105 Å². The monoisotopic (exact) mass is 397 g/mol. The van der Waals surface area contributed by atoms with E-state index in [1.54, 1.807) is 17.1 Å². The highest BCUT2D eigenvalue weighted by Gasteiger charge is 2.29. The van der Waals surface area contributed by atoms with Gasteiger partial charge in [0.25, 0.3) is 0 Å². The van der Waals surface area contributed by atoms with Crippen LogP contribution >= 0.6 is 11.6 Å². The molecule has 0 amide bonds. The Balaban J connectivity index is 1.61. The van der Waals surface area contributed by atoms with Crippen LogP contribution in [0, 0.1) is 5.92 Å². The van der Waals surface area contributed by atoms with Gasteiger partial charge in [0, 0.05) is 38.3 Å². The molecular weight excluding hydrogens is 378 g/mol. The molecule has 0 bridgehead atoms. The lowest BCUT2D eigenvalue weighted by molar-refractivity contribution is 0.469. The molecule has 0 unspecified atom stereocenters. The summed E-state index contributed by atoms with van der Waals surface area (Å²) in [5.74, 6) is 1.07. The van der Waals surface area contributed by atoms with E-state index in [2.05, 4.69) is 32.3 Å². The van der Waals surface area contributed by atoms with E-state index in [0.29, 0.717) is 36.4 Å². The molecule has 0 aromatic carbocycles. The Morgan fingerprint density at radius 1 is 1.46 bits per heavy atom. The number of rotatable bonds is 7. The third-order valence-corrected chi connectivity index (χ3v) is 5.83. The first kappa shape index (κ1) is 18.6. The molecule has 140 valence electrons. The Bertz CT molecular complexity index is 899. The second-order valence-corrected chi connectivity index (χ2v) is 8.31. The molecule has 2 aromatic rings. The normalized spacial score (nSPS) is 18.0. The van der Waals surface area contributed by atoms with Crippen LogP contribution in [0.25, 0.3) is 0 Å². The Labute approximate surface area is 157 Å². The molecule has 2 N–H and O–H groups in total. The van der Waals surface area contributed by atoms with Crippen molar-refractivity contribution in [3.05, 3.63) is 35.6 Å². The van der Waals surface area contributed by atoms with Crippen LogP contribution in [0.15, 0.2) is 30.6 Å². The highest BCUT2D eigenvalue weighted by atomic mass is 35.5. The quantitative estimate of drug-likeness (QED) is 0.734. The first-order chi connectivity index (χ1) is 12.4. The maximum absolute atomic E-state index is 11.8. The zero-order valence-corrected chi connectivity index (χ0v) is 15.8. The molecule has 26 heavy (non-hydrogen) atoms. The third kappa shape index (κ3) is 4.32. The molecule has 1 aliphatic rings. The molecule has 3 heterocycles. The predicted octanol–water partition coefficient (Wildman–Crippen LogP) is 1.81. The molecule has 2 aromatic heterocycles. The fraction of sp³-hybridized carbons (Fsp3) is 0.400. The summed E-state index contributed by atoms with van der Waals surface area (Å²) < 4.78 is 26.8. The van der Waals surface area contributed by atoms with Gasteiger partial charge in [-0.1, -0.05) is 18.2 Å². The number of hydrogen-bond donors (Lipinski definition) is 2. The van der Waals surface area contributed by atoms with Gasteiger partial charge in [0.15, 0.2) is 5.82 Å². The average Bonchev–Trinajstić information content (AvgIpc) is 3.25. The molecule has 0 radical (unpaired) electrons. The van der Waals surface area contributed by atoms with Crippen molar-refractivity contribution in [3.8, 4) is 0 Å². The molecule has 1 saturated heterocycles. The summed E-state index contributed by atoms with van der Waals surface area (Å²) in [5, 5.41) is 11.7. The molecule has 1 atom stereocenters. The van der Waals surface area contributed by atoms with Gasteiger partial charge in [0.2, 0.25) is 16.0 Å². The number of halogens is 1. The molecule has 1 fully saturated rings. The van der Waals surface area contributed by atoms with Crippen molar-refractivity contribution in [3.63, 3.8) is 0 Å². The molecule has 0 aliphatic carbocycles. The van der Waals surface area contributed by atoms with E-state index in [9.17, 15) is 8.42 Å². The molecule has 0 saturated carbocycles. The van der Waals surface area contributed by atoms with E-state index in [-0.39, 0.29) is 5.92 Å². The number of aromatic nitrogens is 4. The number of aryl methyl sites for hydroxylation is 1. The molecular formula is C15H20ClN7O2S. The van der Waals surface area contributed by atoms with Gasteiger partial charge in [-0.3, -0.25) is 4.68 Å². The molecule has 0 spiro atoms. The third-order valence-electron chi connectivity index (χ3n) is 4.08. The largest absolute Gasteiger partial charge is 0.368 e. The van der Waals surface area contributed by atoms with Crippen molar-refractivity contribution in [2.45, 2.75) is 6.42 Å². The highest BCUT2D eigenvalue weighted by Crippen LogP contribution is 2.24. The van der Waals surface area contributed by atoms with Crippen LogP contribution in [0.3, 0.4) is 0 Å². The zero-order valence-electron chi connectivity index (χ0n) is 14.3. The minimum absolute atomic E-state index is 0.172. The van der Waals surface area contributed by atoms with Crippen LogP contribution in [-0.4, -0.2) is 52.1 Å².